The van der Waals surface area contributed by atoms with E-state index in [2.05, 4.69) is 9.71 Å². The van der Waals surface area contributed by atoms with Crippen LogP contribution in [-0.4, -0.2) is 18.5 Å². The molecule has 0 aliphatic heterocycles. The van der Waals surface area contributed by atoms with Crippen LogP contribution < -0.4 is 4.72 Å². The van der Waals surface area contributed by atoms with Crippen molar-refractivity contribution >= 4 is 38.8 Å². The number of hydrogen-bond acceptors (Lipinski definition) is 5. The first-order chi connectivity index (χ1) is 8.94. The summed E-state index contributed by atoms with van der Waals surface area (Å²) in [6.45, 7) is 1.49. The van der Waals surface area contributed by atoms with Crippen molar-refractivity contribution in [2.45, 2.75) is 18.4 Å². The van der Waals surface area contributed by atoms with Crippen molar-refractivity contribution in [2.75, 3.05) is 4.72 Å². The molecular formula is C11H11ClN2O3S2. The minimum absolute atomic E-state index is 0.0836. The second-order valence-electron chi connectivity index (χ2n) is 3.73. The summed E-state index contributed by atoms with van der Waals surface area (Å²) in [5.41, 5.74) is 0. The minimum atomic E-state index is -3.75. The quantitative estimate of drug-likeness (QED) is 0.907. The van der Waals surface area contributed by atoms with Gasteiger partial charge in [-0.1, -0.05) is 11.6 Å². The fourth-order valence-corrected chi connectivity index (χ4v) is 4.26. The molecule has 0 aromatic carbocycles. The zero-order chi connectivity index (χ0) is 14.0. The molecule has 0 unspecified atom stereocenters. The van der Waals surface area contributed by atoms with Crippen LogP contribution >= 0.6 is 22.9 Å². The maximum absolute atomic E-state index is 12.2. The Morgan fingerprint density at radius 1 is 1.53 bits per heavy atom. The van der Waals surface area contributed by atoms with Crippen molar-refractivity contribution in [1.29, 1.82) is 0 Å². The molecule has 8 heteroatoms. The molecule has 0 atom stereocenters. The van der Waals surface area contributed by atoms with Crippen LogP contribution in [0.25, 0.3) is 0 Å². The number of nitrogens with one attached hydrogen (secondary N) is 1. The van der Waals surface area contributed by atoms with E-state index in [1.165, 1.54) is 23.6 Å². The van der Waals surface area contributed by atoms with E-state index in [4.69, 9.17) is 16.7 Å². The van der Waals surface area contributed by atoms with Gasteiger partial charge in [0.05, 0.1) is 11.6 Å². The molecule has 0 saturated carbocycles. The number of pyridine rings is 1. The summed E-state index contributed by atoms with van der Waals surface area (Å²) in [6.07, 6.45) is 1.45. The van der Waals surface area contributed by atoms with E-state index in [1.807, 2.05) is 0 Å². The lowest BCUT2D eigenvalue weighted by atomic mass is 10.4. The number of halogens is 1. The van der Waals surface area contributed by atoms with Gasteiger partial charge in [-0.15, -0.1) is 11.3 Å². The van der Waals surface area contributed by atoms with Crippen molar-refractivity contribution < 1.29 is 13.5 Å². The number of aliphatic hydroxyl groups excluding tert-OH is 1. The number of hydrogen-bond donors (Lipinski definition) is 2. The number of rotatable bonds is 4. The zero-order valence-corrected chi connectivity index (χ0v) is 12.3. The van der Waals surface area contributed by atoms with E-state index in [0.29, 0.717) is 9.75 Å². The molecule has 0 bridgehead atoms. The third kappa shape index (κ3) is 3.06. The van der Waals surface area contributed by atoms with E-state index in [9.17, 15) is 8.42 Å². The van der Waals surface area contributed by atoms with Crippen LogP contribution in [-0.2, 0) is 16.6 Å². The Hall–Kier alpha value is -1.15. The fraction of sp³-hybridized carbons (Fsp3) is 0.182. The Bertz CT molecular complexity index is 698. The van der Waals surface area contributed by atoms with Crippen LogP contribution in [0, 0.1) is 6.92 Å². The average Bonchev–Trinajstić information content (AvgIpc) is 2.74. The fourth-order valence-electron chi connectivity index (χ4n) is 1.51. The smallest absolute Gasteiger partial charge is 0.264 e. The van der Waals surface area contributed by atoms with E-state index >= 15 is 0 Å². The summed E-state index contributed by atoms with van der Waals surface area (Å²) in [6, 6.07) is 4.60. The highest BCUT2D eigenvalue weighted by Gasteiger charge is 2.21. The molecule has 5 nitrogen and oxygen atoms in total. The number of anilines is 1. The minimum Gasteiger partial charge on any atom is -0.391 e. The monoisotopic (exact) mass is 318 g/mol. The molecule has 0 aliphatic carbocycles. The zero-order valence-electron chi connectivity index (χ0n) is 9.92. The lowest BCUT2D eigenvalue weighted by Crippen LogP contribution is -2.14. The van der Waals surface area contributed by atoms with E-state index in [0.717, 1.165) is 0 Å². The van der Waals surface area contributed by atoms with Crippen LogP contribution in [0.4, 0.5) is 5.82 Å². The Kier molecular flexibility index (Phi) is 4.10. The molecular weight excluding hydrogens is 308 g/mol. The maximum Gasteiger partial charge on any atom is 0.264 e. The van der Waals surface area contributed by atoms with Crippen LogP contribution in [0.1, 0.15) is 9.75 Å². The van der Waals surface area contributed by atoms with Gasteiger partial charge < -0.3 is 5.11 Å². The second kappa shape index (κ2) is 5.46. The highest BCUT2D eigenvalue weighted by molar-refractivity contribution is 7.93. The van der Waals surface area contributed by atoms with E-state index in [-0.39, 0.29) is 22.3 Å². The van der Waals surface area contributed by atoms with Crippen molar-refractivity contribution in [3.05, 3.63) is 39.2 Å². The van der Waals surface area contributed by atoms with Crippen LogP contribution in [0.5, 0.6) is 0 Å². The molecule has 2 N–H and O–H groups in total. The first kappa shape index (κ1) is 14.3. The van der Waals surface area contributed by atoms with Gasteiger partial charge in [0.25, 0.3) is 10.0 Å². The molecule has 2 heterocycles. The average molecular weight is 319 g/mol. The van der Waals surface area contributed by atoms with Gasteiger partial charge in [0, 0.05) is 16.0 Å². The van der Waals surface area contributed by atoms with Gasteiger partial charge in [-0.05, 0) is 25.1 Å². The highest BCUT2D eigenvalue weighted by Crippen LogP contribution is 2.28. The summed E-state index contributed by atoms with van der Waals surface area (Å²) < 4.78 is 26.8. The van der Waals surface area contributed by atoms with Crippen LogP contribution in [0.3, 0.4) is 0 Å². The maximum atomic E-state index is 12.2. The van der Waals surface area contributed by atoms with Gasteiger partial charge in [0.15, 0.2) is 5.82 Å². The predicted octanol–water partition coefficient (Wildman–Crippen LogP) is 2.40. The van der Waals surface area contributed by atoms with Gasteiger partial charge in [-0.3, -0.25) is 4.72 Å². The van der Waals surface area contributed by atoms with Gasteiger partial charge in [-0.2, -0.15) is 0 Å². The SMILES string of the molecule is Cc1sc(CO)cc1S(=O)(=O)Nc1ncccc1Cl. The molecule has 0 fully saturated rings. The summed E-state index contributed by atoms with van der Waals surface area (Å²) in [5, 5.41) is 9.26. The number of aromatic nitrogens is 1. The Morgan fingerprint density at radius 2 is 2.26 bits per heavy atom. The number of aryl methyl sites for hydroxylation is 1. The molecule has 0 aliphatic rings. The summed E-state index contributed by atoms with van der Waals surface area (Å²) in [5.74, 6) is 0.0836. The second-order valence-corrected chi connectivity index (χ2v) is 7.13. The first-order valence-electron chi connectivity index (χ1n) is 5.27. The topological polar surface area (TPSA) is 79.3 Å². The number of nitrogens with zero attached hydrogens (tertiary/aromatic N) is 1. The van der Waals surface area contributed by atoms with Crippen molar-refractivity contribution in [3.8, 4) is 0 Å². The third-order valence-corrected chi connectivity index (χ3v) is 5.29. The third-order valence-electron chi connectivity index (χ3n) is 2.36. The molecule has 19 heavy (non-hydrogen) atoms. The Morgan fingerprint density at radius 3 is 2.84 bits per heavy atom. The molecule has 2 aromatic heterocycles. The molecule has 2 rings (SSSR count). The molecule has 0 saturated heterocycles. The normalized spacial score (nSPS) is 11.5. The van der Waals surface area contributed by atoms with Crippen molar-refractivity contribution in [2.24, 2.45) is 0 Å². The molecule has 0 radical (unpaired) electrons. The Balaban J connectivity index is 2.38. The van der Waals surface area contributed by atoms with Crippen molar-refractivity contribution in [1.82, 2.24) is 4.98 Å². The van der Waals surface area contributed by atoms with Gasteiger partial charge in [0.1, 0.15) is 4.90 Å². The summed E-state index contributed by atoms with van der Waals surface area (Å²) >= 11 is 7.10. The molecule has 0 amide bonds. The first-order valence-corrected chi connectivity index (χ1v) is 7.95. The number of thiophene rings is 1. The standard InChI is InChI=1S/C11H11ClN2O3S2/c1-7-10(5-8(6-15)18-7)19(16,17)14-11-9(12)3-2-4-13-11/h2-5,15H,6H2,1H3,(H,13,14). The largest absolute Gasteiger partial charge is 0.391 e. The van der Waals surface area contributed by atoms with Gasteiger partial charge >= 0.3 is 0 Å². The highest BCUT2D eigenvalue weighted by atomic mass is 35.5. The van der Waals surface area contributed by atoms with Crippen molar-refractivity contribution in [3.63, 3.8) is 0 Å². The summed E-state index contributed by atoms with van der Waals surface area (Å²) in [4.78, 5) is 5.19. The number of aliphatic hydroxyl groups is 1. The lowest BCUT2D eigenvalue weighted by molar-refractivity contribution is 0.285. The van der Waals surface area contributed by atoms with Gasteiger partial charge in [-0.25, -0.2) is 13.4 Å². The number of sulfonamides is 1. The van der Waals surface area contributed by atoms with E-state index in [1.54, 1.807) is 19.1 Å². The Labute approximate surface area is 119 Å². The lowest BCUT2D eigenvalue weighted by Gasteiger charge is -2.07. The van der Waals surface area contributed by atoms with E-state index < -0.39 is 10.0 Å². The molecule has 2 aromatic rings. The summed E-state index contributed by atoms with van der Waals surface area (Å²) in [7, 11) is -3.75. The van der Waals surface area contributed by atoms with Crippen LogP contribution in [0.15, 0.2) is 29.3 Å². The molecule has 0 spiro atoms. The molecule has 102 valence electrons. The van der Waals surface area contributed by atoms with Crippen LogP contribution in [0.2, 0.25) is 5.02 Å². The predicted molar refractivity (Wildman–Crippen MR) is 75.0 cm³/mol. The van der Waals surface area contributed by atoms with Gasteiger partial charge in [0.2, 0.25) is 0 Å².